The van der Waals surface area contributed by atoms with Crippen molar-refractivity contribution in [3.05, 3.63) is 83.1 Å². The molecule has 3 aromatic heterocycles. The first kappa shape index (κ1) is 22.1. The summed E-state index contributed by atoms with van der Waals surface area (Å²) in [6.45, 7) is 6.51. The molecule has 1 aliphatic heterocycles. The lowest BCUT2D eigenvalue weighted by atomic mass is 10.1. The van der Waals surface area contributed by atoms with Crippen molar-refractivity contribution in [2.45, 2.75) is 45.7 Å². The molecule has 0 saturated carbocycles. The molecule has 1 aromatic carbocycles. The van der Waals surface area contributed by atoms with Gasteiger partial charge in [0, 0.05) is 24.2 Å². The molecule has 1 saturated heterocycles. The quantitative estimate of drug-likeness (QED) is 0.387. The number of aryl methyl sites for hydroxylation is 2. The van der Waals surface area contributed by atoms with E-state index in [1.54, 1.807) is 6.20 Å². The molecule has 1 fully saturated rings. The van der Waals surface area contributed by atoms with Gasteiger partial charge < -0.3 is 9.15 Å². The Balaban J connectivity index is 1.36. The summed E-state index contributed by atoms with van der Waals surface area (Å²) in [5.41, 5.74) is 3.87. The van der Waals surface area contributed by atoms with Crippen LogP contribution in [0.4, 0.5) is 0 Å². The van der Waals surface area contributed by atoms with Gasteiger partial charge in [0.2, 0.25) is 5.88 Å². The highest BCUT2D eigenvalue weighted by Gasteiger charge is 2.26. The number of hydrogen-bond donors (Lipinski definition) is 0. The SMILES string of the molecule is CCc1ccc(CN2CCC[C@@H]2COc2nc3cccnc3nc2C#Cc2cccc(C)c2)o1. The first-order chi connectivity index (χ1) is 16.7. The molecule has 172 valence electrons. The molecular weight excluding hydrogens is 424 g/mol. The van der Waals surface area contributed by atoms with Crippen molar-refractivity contribution in [2.24, 2.45) is 0 Å². The molecule has 0 amide bonds. The Morgan fingerprint density at radius 3 is 2.85 bits per heavy atom. The van der Waals surface area contributed by atoms with E-state index in [2.05, 4.69) is 64.8 Å². The standard InChI is InChI=1S/C28H28N4O2/c1-3-23-12-13-24(34-23)18-32-16-6-9-22(32)19-33-28-26(14-11-21-8-4-7-20(2)17-21)30-27-25(31-28)10-5-15-29-27/h4-5,7-8,10,12-13,15,17,22H,3,6,9,16,18-19H2,1-2H3/t22-/m1/s1. The van der Waals surface area contributed by atoms with Crippen molar-refractivity contribution in [1.29, 1.82) is 0 Å². The van der Waals surface area contributed by atoms with E-state index in [0.29, 0.717) is 35.4 Å². The van der Waals surface area contributed by atoms with E-state index in [-0.39, 0.29) is 0 Å². The summed E-state index contributed by atoms with van der Waals surface area (Å²) in [6, 6.07) is 16.3. The number of fused-ring (bicyclic) bond motifs is 1. The van der Waals surface area contributed by atoms with Crippen LogP contribution in [0.5, 0.6) is 5.88 Å². The fourth-order valence-electron chi connectivity index (χ4n) is 4.28. The maximum atomic E-state index is 6.26. The minimum absolute atomic E-state index is 0.291. The summed E-state index contributed by atoms with van der Waals surface area (Å²) in [5, 5.41) is 0. The lowest BCUT2D eigenvalue weighted by Crippen LogP contribution is -2.33. The number of rotatable bonds is 6. The van der Waals surface area contributed by atoms with Crippen molar-refractivity contribution >= 4 is 11.2 Å². The minimum atomic E-state index is 0.291. The molecule has 0 bridgehead atoms. The van der Waals surface area contributed by atoms with Gasteiger partial charge in [-0.25, -0.2) is 15.0 Å². The van der Waals surface area contributed by atoms with E-state index >= 15 is 0 Å². The Labute approximate surface area is 200 Å². The maximum Gasteiger partial charge on any atom is 0.249 e. The molecule has 0 unspecified atom stereocenters. The van der Waals surface area contributed by atoms with Crippen LogP contribution < -0.4 is 4.74 Å². The normalized spacial score (nSPS) is 15.9. The van der Waals surface area contributed by atoms with Gasteiger partial charge in [-0.1, -0.05) is 25.0 Å². The van der Waals surface area contributed by atoms with Crippen LogP contribution in [-0.2, 0) is 13.0 Å². The molecule has 0 spiro atoms. The summed E-state index contributed by atoms with van der Waals surface area (Å²) >= 11 is 0. The highest BCUT2D eigenvalue weighted by molar-refractivity contribution is 5.71. The largest absolute Gasteiger partial charge is 0.474 e. The number of furan rings is 1. The third-order valence-electron chi connectivity index (χ3n) is 6.09. The van der Waals surface area contributed by atoms with Gasteiger partial charge in [0.25, 0.3) is 0 Å². The van der Waals surface area contributed by atoms with Crippen LogP contribution in [-0.4, -0.2) is 39.0 Å². The van der Waals surface area contributed by atoms with Gasteiger partial charge in [-0.15, -0.1) is 0 Å². The number of likely N-dealkylation sites (tertiary alicyclic amines) is 1. The molecule has 34 heavy (non-hydrogen) atoms. The third kappa shape index (κ3) is 5.11. The molecular formula is C28H28N4O2. The number of pyridine rings is 1. The van der Waals surface area contributed by atoms with E-state index in [1.807, 2.05) is 24.3 Å². The Hall–Kier alpha value is -3.69. The zero-order chi connectivity index (χ0) is 23.3. The molecule has 1 atom stereocenters. The van der Waals surface area contributed by atoms with Crippen LogP contribution in [0.15, 0.2) is 59.1 Å². The Morgan fingerprint density at radius 1 is 1.09 bits per heavy atom. The van der Waals surface area contributed by atoms with Crippen LogP contribution in [0, 0.1) is 18.8 Å². The van der Waals surface area contributed by atoms with Gasteiger partial charge in [-0.05, 0) is 74.2 Å². The minimum Gasteiger partial charge on any atom is -0.474 e. The summed E-state index contributed by atoms with van der Waals surface area (Å²) < 4.78 is 12.2. The van der Waals surface area contributed by atoms with Gasteiger partial charge >= 0.3 is 0 Å². The predicted octanol–water partition coefficient (Wildman–Crippen LogP) is 4.93. The zero-order valence-electron chi connectivity index (χ0n) is 19.6. The lowest BCUT2D eigenvalue weighted by Gasteiger charge is -2.23. The van der Waals surface area contributed by atoms with Crippen LogP contribution >= 0.6 is 0 Å². The number of aromatic nitrogens is 3. The second-order valence-electron chi connectivity index (χ2n) is 8.64. The van der Waals surface area contributed by atoms with E-state index in [0.717, 1.165) is 49.4 Å². The zero-order valence-corrected chi connectivity index (χ0v) is 19.6. The Bertz CT molecular complexity index is 1350. The summed E-state index contributed by atoms with van der Waals surface area (Å²) in [7, 11) is 0. The van der Waals surface area contributed by atoms with Gasteiger partial charge in [0.1, 0.15) is 23.6 Å². The van der Waals surface area contributed by atoms with Crippen molar-refractivity contribution in [2.75, 3.05) is 13.2 Å². The second-order valence-corrected chi connectivity index (χ2v) is 8.64. The van der Waals surface area contributed by atoms with E-state index in [4.69, 9.17) is 14.1 Å². The van der Waals surface area contributed by atoms with E-state index in [9.17, 15) is 0 Å². The van der Waals surface area contributed by atoms with Crippen molar-refractivity contribution in [3.63, 3.8) is 0 Å². The van der Waals surface area contributed by atoms with Crippen LogP contribution in [0.3, 0.4) is 0 Å². The predicted molar refractivity (Wildman–Crippen MR) is 132 cm³/mol. The third-order valence-corrected chi connectivity index (χ3v) is 6.09. The Kier molecular flexibility index (Phi) is 6.55. The van der Waals surface area contributed by atoms with Gasteiger partial charge in [0.05, 0.1) is 6.54 Å². The second kappa shape index (κ2) is 10.1. The van der Waals surface area contributed by atoms with Crippen LogP contribution in [0.1, 0.15) is 48.1 Å². The smallest absolute Gasteiger partial charge is 0.249 e. The van der Waals surface area contributed by atoms with Crippen LogP contribution in [0.25, 0.3) is 11.2 Å². The molecule has 6 nitrogen and oxygen atoms in total. The number of nitrogens with zero attached hydrogens (tertiary/aromatic N) is 4. The first-order valence-electron chi connectivity index (χ1n) is 11.8. The molecule has 5 rings (SSSR count). The highest BCUT2D eigenvalue weighted by atomic mass is 16.5. The first-order valence-corrected chi connectivity index (χ1v) is 11.8. The van der Waals surface area contributed by atoms with E-state index in [1.165, 1.54) is 5.56 Å². The molecule has 1 aliphatic rings. The summed E-state index contributed by atoms with van der Waals surface area (Å²) in [4.78, 5) is 16.1. The van der Waals surface area contributed by atoms with Gasteiger partial charge in [0.15, 0.2) is 11.3 Å². The molecule has 4 heterocycles. The fraction of sp³-hybridized carbons (Fsp3) is 0.321. The fourth-order valence-corrected chi connectivity index (χ4v) is 4.28. The average Bonchev–Trinajstić information content (AvgIpc) is 3.50. The molecule has 0 aliphatic carbocycles. The lowest BCUT2D eigenvalue weighted by molar-refractivity contribution is 0.154. The van der Waals surface area contributed by atoms with Crippen LogP contribution in [0.2, 0.25) is 0 Å². The van der Waals surface area contributed by atoms with Gasteiger partial charge in [-0.2, -0.15) is 0 Å². The van der Waals surface area contributed by atoms with E-state index < -0.39 is 0 Å². The monoisotopic (exact) mass is 452 g/mol. The average molecular weight is 453 g/mol. The Morgan fingerprint density at radius 2 is 2.00 bits per heavy atom. The highest BCUT2D eigenvalue weighted by Crippen LogP contribution is 2.24. The molecule has 0 radical (unpaired) electrons. The topological polar surface area (TPSA) is 64.3 Å². The molecule has 6 heteroatoms. The van der Waals surface area contributed by atoms with Crippen molar-refractivity contribution in [1.82, 2.24) is 19.9 Å². The van der Waals surface area contributed by atoms with Crippen molar-refractivity contribution < 1.29 is 9.15 Å². The van der Waals surface area contributed by atoms with Crippen molar-refractivity contribution in [3.8, 4) is 17.7 Å². The number of hydrogen-bond acceptors (Lipinski definition) is 6. The number of ether oxygens (including phenoxy) is 1. The maximum absolute atomic E-state index is 6.26. The van der Waals surface area contributed by atoms with Gasteiger partial charge in [-0.3, -0.25) is 4.90 Å². The summed E-state index contributed by atoms with van der Waals surface area (Å²) in [5.74, 6) is 8.86. The number of benzene rings is 1. The molecule has 4 aromatic rings. The molecule has 0 N–H and O–H groups in total. The summed E-state index contributed by atoms with van der Waals surface area (Å²) in [6.07, 6.45) is 4.84.